The topological polar surface area (TPSA) is 69.6 Å². The number of nitrogens with zero attached hydrogens (tertiary/aromatic N) is 1. The molecule has 0 aliphatic carbocycles. The Balaban J connectivity index is 2.12. The summed E-state index contributed by atoms with van der Waals surface area (Å²) < 4.78 is 0. The summed E-state index contributed by atoms with van der Waals surface area (Å²) in [5.41, 5.74) is -0.557. The monoisotopic (exact) mass is 244 g/mol. The van der Waals surface area contributed by atoms with Gasteiger partial charge in [-0.15, -0.1) is 11.8 Å². The van der Waals surface area contributed by atoms with Gasteiger partial charge in [0.2, 0.25) is 5.91 Å². The Morgan fingerprint density at radius 2 is 2.31 bits per heavy atom. The summed E-state index contributed by atoms with van der Waals surface area (Å²) in [5, 5.41) is 12.2. The van der Waals surface area contributed by atoms with Gasteiger partial charge in [0.25, 0.3) is 0 Å². The van der Waals surface area contributed by atoms with Crippen LogP contribution >= 0.6 is 11.8 Å². The number of carbonyl (C=O) groups excluding carboxylic acids is 1. The second-order valence-electron chi connectivity index (χ2n) is 4.49. The van der Waals surface area contributed by atoms with E-state index in [1.54, 1.807) is 0 Å². The molecular weight excluding hydrogens is 228 g/mol. The molecule has 2 atom stereocenters. The van der Waals surface area contributed by atoms with Crippen molar-refractivity contribution in [1.82, 2.24) is 10.2 Å². The Morgan fingerprint density at radius 3 is 2.88 bits per heavy atom. The highest BCUT2D eigenvalue weighted by Gasteiger charge is 2.44. The van der Waals surface area contributed by atoms with Crippen molar-refractivity contribution in [3.8, 4) is 0 Å². The fourth-order valence-electron chi connectivity index (χ4n) is 2.24. The van der Waals surface area contributed by atoms with E-state index in [4.69, 9.17) is 5.11 Å². The van der Waals surface area contributed by atoms with E-state index in [1.165, 1.54) is 16.7 Å². The van der Waals surface area contributed by atoms with Crippen LogP contribution in [-0.2, 0) is 9.59 Å². The largest absolute Gasteiger partial charge is 0.480 e. The van der Waals surface area contributed by atoms with Crippen LogP contribution < -0.4 is 5.32 Å². The minimum absolute atomic E-state index is 0.0672. The summed E-state index contributed by atoms with van der Waals surface area (Å²) in [6, 6.07) is -0.656. The number of hydrogen-bond acceptors (Lipinski definition) is 4. The molecule has 5 nitrogen and oxygen atoms in total. The van der Waals surface area contributed by atoms with Crippen molar-refractivity contribution in [2.45, 2.75) is 31.3 Å². The minimum atomic E-state index is -0.903. The van der Waals surface area contributed by atoms with E-state index in [2.05, 4.69) is 5.32 Å². The van der Waals surface area contributed by atoms with E-state index in [1.807, 2.05) is 6.92 Å². The molecule has 2 rings (SSSR count). The molecular formula is C10H16N2O3S. The third-order valence-electron chi connectivity index (χ3n) is 3.27. The highest BCUT2D eigenvalue weighted by Crippen LogP contribution is 2.28. The van der Waals surface area contributed by atoms with Gasteiger partial charge in [-0.3, -0.25) is 4.79 Å². The SMILES string of the molecule is CC1(C(=O)N2CSC[C@H]2C(=O)O)CCCN1. The zero-order chi connectivity index (χ0) is 11.8. The Hall–Kier alpha value is -0.750. The molecule has 0 radical (unpaired) electrons. The van der Waals surface area contributed by atoms with E-state index in [0.717, 1.165) is 19.4 Å². The van der Waals surface area contributed by atoms with E-state index >= 15 is 0 Å². The number of rotatable bonds is 2. The van der Waals surface area contributed by atoms with Gasteiger partial charge in [-0.1, -0.05) is 0 Å². The van der Waals surface area contributed by atoms with Crippen molar-refractivity contribution in [3.63, 3.8) is 0 Å². The lowest BCUT2D eigenvalue weighted by atomic mass is 9.98. The van der Waals surface area contributed by atoms with Crippen LogP contribution in [0.2, 0.25) is 0 Å². The number of aliphatic carboxylic acids is 1. The van der Waals surface area contributed by atoms with Crippen LogP contribution in [0.15, 0.2) is 0 Å². The van der Waals surface area contributed by atoms with Crippen molar-refractivity contribution in [1.29, 1.82) is 0 Å². The highest BCUT2D eigenvalue weighted by atomic mass is 32.2. The Kier molecular flexibility index (Phi) is 3.12. The van der Waals surface area contributed by atoms with Gasteiger partial charge in [0.1, 0.15) is 6.04 Å². The van der Waals surface area contributed by atoms with Crippen LogP contribution in [0.3, 0.4) is 0 Å². The highest BCUT2D eigenvalue weighted by molar-refractivity contribution is 7.99. The Morgan fingerprint density at radius 1 is 1.56 bits per heavy atom. The van der Waals surface area contributed by atoms with E-state index < -0.39 is 17.6 Å². The Labute approximate surface area is 98.6 Å². The first-order chi connectivity index (χ1) is 7.54. The number of hydrogen-bond donors (Lipinski definition) is 2. The van der Waals surface area contributed by atoms with Gasteiger partial charge in [-0.2, -0.15) is 0 Å². The van der Waals surface area contributed by atoms with Gasteiger partial charge in [-0.05, 0) is 26.3 Å². The molecule has 6 heteroatoms. The van der Waals surface area contributed by atoms with Crippen LogP contribution in [0.1, 0.15) is 19.8 Å². The van der Waals surface area contributed by atoms with Gasteiger partial charge in [0, 0.05) is 5.75 Å². The first-order valence-electron chi connectivity index (χ1n) is 5.41. The third-order valence-corrected chi connectivity index (χ3v) is 4.28. The molecule has 0 spiro atoms. The van der Waals surface area contributed by atoms with Gasteiger partial charge >= 0.3 is 5.97 Å². The third kappa shape index (κ3) is 1.91. The van der Waals surface area contributed by atoms with Crippen molar-refractivity contribution in [2.24, 2.45) is 0 Å². The zero-order valence-electron chi connectivity index (χ0n) is 9.23. The fourth-order valence-corrected chi connectivity index (χ4v) is 3.39. The molecule has 1 unspecified atom stereocenters. The first kappa shape index (κ1) is 11.7. The second-order valence-corrected chi connectivity index (χ2v) is 5.49. The molecule has 2 aliphatic heterocycles. The molecule has 2 heterocycles. The smallest absolute Gasteiger partial charge is 0.327 e. The average Bonchev–Trinajstić information content (AvgIpc) is 2.85. The quantitative estimate of drug-likeness (QED) is 0.722. The number of thioether (sulfide) groups is 1. The average molecular weight is 244 g/mol. The number of carboxylic acids is 1. The maximum atomic E-state index is 12.3. The molecule has 2 fully saturated rings. The summed E-state index contributed by atoms with van der Waals surface area (Å²) in [4.78, 5) is 24.8. The van der Waals surface area contributed by atoms with E-state index in [-0.39, 0.29) is 5.91 Å². The lowest BCUT2D eigenvalue weighted by Crippen LogP contribution is -2.55. The molecule has 0 bridgehead atoms. The van der Waals surface area contributed by atoms with Crippen LogP contribution in [0.25, 0.3) is 0 Å². The minimum Gasteiger partial charge on any atom is -0.480 e. The van der Waals surface area contributed by atoms with Gasteiger partial charge in [0.05, 0.1) is 11.4 Å². The molecule has 16 heavy (non-hydrogen) atoms. The molecule has 0 aromatic rings. The summed E-state index contributed by atoms with van der Waals surface area (Å²) in [7, 11) is 0. The Bertz CT molecular complexity index is 315. The molecule has 0 aromatic carbocycles. The van der Waals surface area contributed by atoms with Crippen molar-refractivity contribution in [2.75, 3.05) is 18.2 Å². The maximum Gasteiger partial charge on any atom is 0.327 e. The lowest BCUT2D eigenvalue weighted by Gasteiger charge is -2.30. The van der Waals surface area contributed by atoms with Crippen LogP contribution in [-0.4, -0.2) is 51.6 Å². The summed E-state index contributed by atoms with van der Waals surface area (Å²) >= 11 is 1.50. The van der Waals surface area contributed by atoms with E-state index in [0.29, 0.717) is 11.6 Å². The summed E-state index contributed by atoms with van der Waals surface area (Å²) in [6.07, 6.45) is 1.76. The molecule has 2 saturated heterocycles. The van der Waals surface area contributed by atoms with E-state index in [9.17, 15) is 9.59 Å². The van der Waals surface area contributed by atoms with Crippen LogP contribution in [0.5, 0.6) is 0 Å². The number of amides is 1. The standard InChI is InChI=1S/C10H16N2O3S/c1-10(3-2-4-11-10)9(15)12-6-16-5-7(12)8(13)14/h7,11H,2-6H2,1H3,(H,13,14)/t7-,10?/m0/s1. The second kappa shape index (κ2) is 4.25. The maximum absolute atomic E-state index is 12.3. The molecule has 0 saturated carbocycles. The number of carboxylic acid groups (broad SMARTS) is 1. The predicted molar refractivity (Wildman–Crippen MR) is 61.2 cm³/mol. The first-order valence-corrected chi connectivity index (χ1v) is 6.57. The van der Waals surface area contributed by atoms with Gasteiger partial charge in [0.15, 0.2) is 0 Å². The fraction of sp³-hybridized carbons (Fsp3) is 0.800. The summed E-state index contributed by atoms with van der Waals surface area (Å²) in [5.74, 6) is 0.0203. The number of nitrogens with one attached hydrogen (secondary N) is 1. The molecule has 2 N–H and O–H groups in total. The summed E-state index contributed by atoms with van der Waals surface area (Å²) in [6.45, 7) is 2.70. The number of carbonyl (C=O) groups is 2. The normalized spacial score (nSPS) is 34.3. The van der Waals surface area contributed by atoms with Crippen molar-refractivity contribution >= 4 is 23.6 Å². The molecule has 0 aromatic heterocycles. The van der Waals surface area contributed by atoms with Gasteiger partial charge < -0.3 is 15.3 Å². The van der Waals surface area contributed by atoms with Crippen molar-refractivity contribution in [3.05, 3.63) is 0 Å². The molecule has 90 valence electrons. The molecule has 2 aliphatic rings. The van der Waals surface area contributed by atoms with Crippen LogP contribution in [0.4, 0.5) is 0 Å². The van der Waals surface area contributed by atoms with Crippen molar-refractivity contribution < 1.29 is 14.7 Å². The predicted octanol–water partition coefficient (Wildman–Crippen LogP) is 0.115. The van der Waals surface area contributed by atoms with Crippen LogP contribution in [0, 0.1) is 0 Å². The van der Waals surface area contributed by atoms with Gasteiger partial charge in [-0.25, -0.2) is 4.79 Å². The molecule has 1 amide bonds. The zero-order valence-corrected chi connectivity index (χ0v) is 10.0. The lowest BCUT2D eigenvalue weighted by molar-refractivity contribution is -0.150.